The minimum absolute atomic E-state index is 0.0488. The van der Waals surface area contributed by atoms with E-state index in [1.165, 1.54) is 0 Å². The van der Waals surface area contributed by atoms with Crippen LogP contribution in [0.5, 0.6) is 5.75 Å². The van der Waals surface area contributed by atoms with Crippen LogP contribution in [0, 0.1) is 0 Å². The van der Waals surface area contributed by atoms with Crippen LogP contribution in [-0.2, 0) is 4.79 Å². The molecule has 0 saturated carbocycles. The predicted octanol–water partition coefficient (Wildman–Crippen LogP) is 4.48. The second kappa shape index (κ2) is 7.14. The van der Waals surface area contributed by atoms with Crippen molar-refractivity contribution in [2.45, 2.75) is 19.8 Å². The molecule has 3 nitrogen and oxygen atoms in total. The molecule has 0 bridgehead atoms. The monoisotopic (exact) mass is 303 g/mol. The van der Waals surface area contributed by atoms with E-state index in [1.54, 1.807) is 24.3 Å². The van der Waals surface area contributed by atoms with Crippen molar-refractivity contribution in [3.05, 3.63) is 59.1 Å². The van der Waals surface area contributed by atoms with Gasteiger partial charge in [-0.1, -0.05) is 49.7 Å². The highest BCUT2D eigenvalue weighted by molar-refractivity contribution is 6.30. The lowest BCUT2D eigenvalue weighted by Gasteiger charge is -2.14. The molecule has 110 valence electrons. The van der Waals surface area contributed by atoms with E-state index in [2.05, 4.69) is 19.2 Å². The standard InChI is InChI=1S/C17H18ClNO2/c1-12(2)15-8-3-4-9-16(15)19-17(20)11-21-14-7-5-6-13(18)10-14/h3-10,12H,11H2,1-2H3,(H,19,20). The Balaban J connectivity index is 1.96. The van der Waals surface area contributed by atoms with Crippen molar-refractivity contribution in [3.8, 4) is 5.75 Å². The molecule has 0 aliphatic rings. The lowest BCUT2D eigenvalue weighted by molar-refractivity contribution is -0.118. The number of amides is 1. The van der Waals surface area contributed by atoms with Crippen LogP contribution < -0.4 is 10.1 Å². The molecule has 4 heteroatoms. The van der Waals surface area contributed by atoms with Crippen LogP contribution in [0.1, 0.15) is 25.3 Å². The third kappa shape index (κ3) is 4.50. The molecule has 0 aliphatic heterocycles. The maximum Gasteiger partial charge on any atom is 0.262 e. The Morgan fingerprint density at radius 3 is 2.67 bits per heavy atom. The van der Waals surface area contributed by atoms with Gasteiger partial charge in [-0.3, -0.25) is 4.79 Å². The molecule has 0 saturated heterocycles. The van der Waals surface area contributed by atoms with E-state index in [1.807, 2.05) is 24.3 Å². The molecule has 2 aromatic rings. The minimum atomic E-state index is -0.192. The number of nitrogens with one attached hydrogen (secondary N) is 1. The lowest BCUT2D eigenvalue weighted by atomic mass is 10.0. The largest absolute Gasteiger partial charge is 0.484 e. The topological polar surface area (TPSA) is 38.3 Å². The van der Waals surface area contributed by atoms with Gasteiger partial charge in [0.05, 0.1) is 0 Å². The van der Waals surface area contributed by atoms with Gasteiger partial charge in [-0.2, -0.15) is 0 Å². The predicted molar refractivity (Wildman–Crippen MR) is 86.1 cm³/mol. The maximum atomic E-state index is 12.0. The van der Waals surface area contributed by atoms with E-state index in [-0.39, 0.29) is 12.5 Å². The van der Waals surface area contributed by atoms with Crippen molar-refractivity contribution in [2.75, 3.05) is 11.9 Å². The van der Waals surface area contributed by atoms with E-state index >= 15 is 0 Å². The summed E-state index contributed by atoms with van der Waals surface area (Å²) in [6, 6.07) is 14.8. The molecule has 21 heavy (non-hydrogen) atoms. The summed E-state index contributed by atoms with van der Waals surface area (Å²) in [4.78, 5) is 12.0. The first-order valence-corrected chi connectivity index (χ1v) is 7.21. The van der Waals surface area contributed by atoms with Crippen LogP contribution in [0.2, 0.25) is 5.02 Å². The van der Waals surface area contributed by atoms with E-state index in [0.29, 0.717) is 16.7 Å². The van der Waals surface area contributed by atoms with Crippen LogP contribution >= 0.6 is 11.6 Å². The number of carbonyl (C=O) groups excluding carboxylic acids is 1. The third-order valence-corrected chi connectivity index (χ3v) is 3.26. The average Bonchev–Trinajstić information content (AvgIpc) is 2.45. The van der Waals surface area contributed by atoms with Crippen LogP contribution in [-0.4, -0.2) is 12.5 Å². The number of hydrogen-bond acceptors (Lipinski definition) is 2. The number of rotatable bonds is 5. The summed E-state index contributed by atoms with van der Waals surface area (Å²) in [6.07, 6.45) is 0. The van der Waals surface area contributed by atoms with Gasteiger partial charge in [0.15, 0.2) is 6.61 Å². The van der Waals surface area contributed by atoms with Gasteiger partial charge < -0.3 is 10.1 Å². The second-order valence-electron chi connectivity index (χ2n) is 5.04. The van der Waals surface area contributed by atoms with Crippen LogP contribution in [0.15, 0.2) is 48.5 Å². The first-order valence-electron chi connectivity index (χ1n) is 6.83. The summed E-state index contributed by atoms with van der Waals surface area (Å²) in [7, 11) is 0. The zero-order valence-corrected chi connectivity index (χ0v) is 12.9. The van der Waals surface area contributed by atoms with Crippen LogP contribution in [0.3, 0.4) is 0 Å². The number of carbonyl (C=O) groups is 1. The summed E-state index contributed by atoms with van der Waals surface area (Å²) >= 11 is 5.86. The molecule has 0 spiro atoms. The van der Waals surface area contributed by atoms with E-state index < -0.39 is 0 Å². The van der Waals surface area contributed by atoms with Gasteiger partial charge in [-0.25, -0.2) is 0 Å². The highest BCUT2D eigenvalue weighted by Gasteiger charge is 2.09. The molecule has 0 radical (unpaired) electrons. The molecular weight excluding hydrogens is 286 g/mol. The van der Waals surface area contributed by atoms with Crippen molar-refractivity contribution < 1.29 is 9.53 Å². The Kier molecular flexibility index (Phi) is 5.23. The highest BCUT2D eigenvalue weighted by atomic mass is 35.5. The van der Waals surface area contributed by atoms with Gasteiger partial charge in [0.1, 0.15) is 5.75 Å². The number of benzene rings is 2. The zero-order valence-electron chi connectivity index (χ0n) is 12.1. The van der Waals surface area contributed by atoms with E-state index in [0.717, 1.165) is 11.3 Å². The zero-order chi connectivity index (χ0) is 15.2. The lowest BCUT2D eigenvalue weighted by Crippen LogP contribution is -2.21. The third-order valence-electron chi connectivity index (χ3n) is 3.02. The first kappa shape index (κ1) is 15.4. The van der Waals surface area contributed by atoms with Crippen molar-refractivity contribution in [2.24, 2.45) is 0 Å². The summed E-state index contributed by atoms with van der Waals surface area (Å²) < 4.78 is 5.42. The quantitative estimate of drug-likeness (QED) is 0.884. The number of anilines is 1. The van der Waals surface area contributed by atoms with Crippen molar-refractivity contribution >= 4 is 23.2 Å². The molecule has 2 rings (SSSR count). The highest BCUT2D eigenvalue weighted by Crippen LogP contribution is 2.23. The van der Waals surface area contributed by atoms with E-state index in [4.69, 9.17) is 16.3 Å². The van der Waals surface area contributed by atoms with Gasteiger partial charge in [0.2, 0.25) is 0 Å². The number of halogens is 1. The number of para-hydroxylation sites is 1. The Bertz CT molecular complexity index is 626. The molecule has 0 aliphatic carbocycles. The SMILES string of the molecule is CC(C)c1ccccc1NC(=O)COc1cccc(Cl)c1. The molecule has 0 heterocycles. The molecule has 1 N–H and O–H groups in total. The summed E-state index contributed by atoms with van der Waals surface area (Å²) in [6.45, 7) is 4.13. The maximum absolute atomic E-state index is 12.0. The van der Waals surface area contributed by atoms with Crippen molar-refractivity contribution in [1.82, 2.24) is 0 Å². The number of hydrogen-bond donors (Lipinski definition) is 1. The minimum Gasteiger partial charge on any atom is -0.484 e. The molecule has 0 atom stereocenters. The van der Waals surface area contributed by atoms with Crippen molar-refractivity contribution in [3.63, 3.8) is 0 Å². The fourth-order valence-corrected chi connectivity index (χ4v) is 2.19. The van der Waals surface area contributed by atoms with Crippen molar-refractivity contribution in [1.29, 1.82) is 0 Å². The smallest absolute Gasteiger partial charge is 0.262 e. The molecule has 0 fully saturated rings. The Morgan fingerprint density at radius 1 is 1.19 bits per heavy atom. The van der Waals surface area contributed by atoms with Gasteiger partial charge >= 0.3 is 0 Å². The fraction of sp³-hybridized carbons (Fsp3) is 0.235. The Morgan fingerprint density at radius 2 is 1.95 bits per heavy atom. The average molecular weight is 304 g/mol. The van der Waals surface area contributed by atoms with E-state index in [9.17, 15) is 4.79 Å². The Labute approximate surface area is 129 Å². The van der Waals surface area contributed by atoms with Gasteiger partial charge in [0, 0.05) is 10.7 Å². The van der Waals surface area contributed by atoms with Gasteiger partial charge in [-0.05, 0) is 35.7 Å². The summed E-state index contributed by atoms with van der Waals surface area (Å²) in [5.74, 6) is 0.730. The fourth-order valence-electron chi connectivity index (χ4n) is 2.01. The van der Waals surface area contributed by atoms with Gasteiger partial charge in [-0.15, -0.1) is 0 Å². The summed E-state index contributed by atoms with van der Waals surface area (Å²) in [5, 5.41) is 3.46. The molecular formula is C17H18ClNO2. The van der Waals surface area contributed by atoms with Gasteiger partial charge in [0.25, 0.3) is 5.91 Å². The molecule has 2 aromatic carbocycles. The first-order chi connectivity index (χ1) is 10.1. The van der Waals surface area contributed by atoms with Crippen LogP contribution in [0.4, 0.5) is 5.69 Å². The second-order valence-corrected chi connectivity index (χ2v) is 5.47. The Hall–Kier alpha value is -2.00. The summed E-state index contributed by atoms with van der Waals surface area (Å²) in [5.41, 5.74) is 1.93. The van der Waals surface area contributed by atoms with Crippen LogP contribution in [0.25, 0.3) is 0 Å². The molecule has 0 aromatic heterocycles. The molecule has 0 unspecified atom stereocenters. The number of ether oxygens (including phenoxy) is 1. The normalized spacial score (nSPS) is 10.5. The molecule has 1 amide bonds.